The summed E-state index contributed by atoms with van der Waals surface area (Å²) in [7, 11) is -1.03. The molecule has 1 unspecified atom stereocenters. The molecule has 1 saturated heterocycles. The molecule has 2 aliphatic rings. The fourth-order valence-electron chi connectivity index (χ4n) is 6.18. The van der Waals surface area contributed by atoms with Gasteiger partial charge in [-0.25, -0.2) is 9.78 Å². The number of ether oxygens (including phenoxy) is 1. The van der Waals surface area contributed by atoms with Gasteiger partial charge in [0.25, 0.3) is 11.8 Å². The molecule has 0 aliphatic carbocycles. The molecule has 1 fully saturated rings. The minimum Gasteiger partial charge on any atom is -0.515 e. The topological polar surface area (TPSA) is 149 Å². The van der Waals surface area contributed by atoms with Gasteiger partial charge in [0, 0.05) is 23.6 Å². The monoisotopic (exact) mass is 769 g/mol. The maximum absolute atomic E-state index is 13.8. The molecule has 2 N–H and O–H groups in total. The summed E-state index contributed by atoms with van der Waals surface area (Å²) in [6.07, 6.45) is 0. The van der Waals surface area contributed by atoms with Gasteiger partial charge in [0.2, 0.25) is 8.32 Å². The first-order chi connectivity index (χ1) is 25.4. The Bertz CT molecular complexity index is 1960. The van der Waals surface area contributed by atoms with Crippen LogP contribution in [-0.4, -0.2) is 78.6 Å². The van der Waals surface area contributed by atoms with E-state index in [4.69, 9.17) is 19.0 Å². The first-order valence-corrected chi connectivity index (χ1v) is 22.1. The molecule has 2 atom stereocenters. The van der Waals surface area contributed by atoms with E-state index in [2.05, 4.69) is 52.2 Å². The number of rotatable bonds is 13. The minimum atomic E-state index is -2.35. The smallest absolute Gasteiger partial charge is 0.341 e. The highest BCUT2D eigenvalue weighted by Gasteiger charge is 2.55. The summed E-state index contributed by atoms with van der Waals surface area (Å²) in [5, 5.41) is 12.1. The van der Waals surface area contributed by atoms with Gasteiger partial charge in [-0.1, -0.05) is 96.2 Å². The lowest BCUT2D eigenvalue weighted by Crippen LogP contribution is -2.71. The lowest BCUT2D eigenvalue weighted by atomic mass is 9.77. The summed E-state index contributed by atoms with van der Waals surface area (Å²) < 4.78 is 10.9. The highest BCUT2D eigenvalue weighted by atomic mass is 32.2. The van der Waals surface area contributed by atoms with Crippen molar-refractivity contribution in [2.45, 2.75) is 43.5 Å². The van der Waals surface area contributed by atoms with Crippen LogP contribution < -0.4 is 10.6 Å². The molecular weight excluding hydrogens is 731 g/mol. The van der Waals surface area contributed by atoms with Crippen molar-refractivity contribution < 1.29 is 33.2 Å². The number of aromatic nitrogens is 1. The number of carbonyl (C=O) groups is 4. The van der Waals surface area contributed by atoms with E-state index in [0.717, 1.165) is 16.7 Å². The number of hydrogen-bond donors (Lipinski definition) is 2. The average Bonchev–Trinajstić information content (AvgIpc) is 3.61. The normalized spacial score (nSPS) is 17.3. The van der Waals surface area contributed by atoms with Crippen LogP contribution in [0.5, 0.6) is 0 Å². The molecule has 4 aromatic rings. The summed E-state index contributed by atoms with van der Waals surface area (Å²) >= 11 is 2.64. The number of hydrogen-bond acceptors (Lipinski definition) is 12. The molecule has 53 heavy (non-hydrogen) atoms. The van der Waals surface area contributed by atoms with Crippen molar-refractivity contribution >= 4 is 66.0 Å². The van der Waals surface area contributed by atoms with Crippen LogP contribution in [0, 0.1) is 0 Å². The average molecular weight is 770 g/mol. The Kier molecular flexibility index (Phi) is 11.2. The van der Waals surface area contributed by atoms with Crippen molar-refractivity contribution in [3.05, 3.63) is 130 Å². The Balaban J connectivity index is 1.27. The second-order valence-corrected chi connectivity index (χ2v) is 19.6. The second-order valence-electron chi connectivity index (χ2n) is 13.2. The van der Waals surface area contributed by atoms with Gasteiger partial charge >= 0.3 is 11.9 Å². The van der Waals surface area contributed by atoms with Crippen molar-refractivity contribution in [1.29, 1.82) is 0 Å². The van der Waals surface area contributed by atoms with E-state index in [-0.39, 0.29) is 29.5 Å². The van der Waals surface area contributed by atoms with E-state index >= 15 is 0 Å². The lowest BCUT2D eigenvalue weighted by molar-refractivity contribution is -0.149. The first-order valence-electron chi connectivity index (χ1n) is 16.8. The van der Waals surface area contributed by atoms with Crippen molar-refractivity contribution in [3.8, 4) is 0 Å². The molecule has 3 aromatic carbocycles. The van der Waals surface area contributed by atoms with Gasteiger partial charge in [-0.2, -0.15) is 0 Å². The summed E-state index contributed by atoms with van der Waals surface area (Å²) in [6.45, 7) is 6.68. The highest BCUT2D eigenvalue weighted by molar-refractivity contribution is 8.00. The molecule has 0 saturated carbocycles. The number of amides is 2. The van der Waals surface area contributed by atoms with Crippen LogP contribution in [0.25, 0.3) is 0 Å². The number of β-lactam (4-membered cyclic amide) rings is 1. The van der Waals surface area contributed by atoms with Gasteiger partial charge in [0.1, 0.15) is 42.1 Å². The molecule has 274 valence electrons. The van der Waals surface area contributed by atoms with E-state index in [0.29, 0.717) is 10.7 Å². The quantitative estimate of drug-likeness (QED) is 0.0447. The van der Waals surface area contributed by atoms with Crippen LogP contribution in [0.3, 0.4) is 0 Å². The number of nitrogens with one attached hydrogen (secondary N) is 2. The Hall–Kier alpha value is -5.25. The predicted molar refractivity (Wildman–Crippen MR) is 207 cm³/mol. The van der Waals surface area contributed by atoms with Crippen molar-refractivity contribution in [3.63, 3.8) is 0 Å². The second kappa shape index (κ2) is 15.8. The third-order valence-electron chi connectivity index (χ3n) is 8.44. The van der Waals surface area contributed by atoms with Crippen molar-refractivity contribution in [1.82, 2.24) is 15.2 Å². The van der Waals surface area contributed by atoms with Gasteiger partial charge in [-0.05, 0) is 36.3 Å². The van der Waals surface area contributed by atoms with Crippen LogP contribution in [-0.2, 0) is 38.7 Å². The van der Waals surface area contributed by atoms with Gasteiger partial charge in [-0.3, -0.25) is 19.3 Å². The number of thiazole rings is 1. The summed E-state index contributed by atoms with van der Waals surface area (Å²) in [4.78, 5) is 63.6. The fraction of sp³-hybridized carbons (Fsp3) is 0.263. The number of anilines is 1. The molecule has 2 amide bonds. The Morgan fingerprint density at radius 2 is 1.51 bits per heavy atom. The standard InChI is InChI=1S/C38H39N5O7S2Si/c1-24(44)49-21-25-22-51-35-31(34(46)43(35)32(25)36(47)50-53(3,4)5)40-33(45)30(42-48-2)29-23-52-37(39-29)41-38(26-15-9-6-10-16-26,27-17-11-7-12-18-27)28-19-13-8-14-20-28/h6-20,23,31,35H,21-22H2,1-5H3,(H,39,41)(H,40,45)/t31?,35-/m0/s1. The van der Waals surface area contributed by atoms with Gasteiger partial charge in [0.05, 0.1) is 0 Å². The molecule has 15 heteroatoms. The highest BCUT2D eigenvalue weighted by Crippen LogP contribution is 2.42. The maximum atomic E-state index is 13.8. The first kappa shape index (κ1) is 37.5. The van der Waals surface area contributed by atoms with E-state index in [1.54, 1.807) is 5.38 Å². The van der Waals surface area contributed by atoms with E-state index < -0.39 is 49.0 Å². The number of benzene rings is 3. The molecular formula is C38H39N5O7S2Si. The number of thioether (sulfide) groups is 1. The summed E-state index contributed by atoms with van der Waals surface area (Å²) in [5.41, 5.74) is 2.71. The Morgan fingerprint density at radius 1 is 0.943 bits per heavy atom. The SMILES string of the molecule is CON=C(C(=O)NC1C(=O)N2C(C(=O)O[Si](C)(C)C)=C(COC(C)=O)CS[C@@H]12)c1csc(NC(c2ccccc2)(c2ccccc2)c2ccccc2)n1. The van der Waals surface area contributed by atoms with Gasteiger partial charge in [-0.15, -0.1) is 23.1 Å². The Morgan fingerprint density at radius 3 is 2.02 bits per heavy atom. The summed E-state index contributed by atoms with van der Waals surface area (Å²) in [6, 6.07) is 29.2. The van der Waals surface area contributed by atoms with Crippen molar-refractivity contribution in [2.24, 2.45) is 5.16 Å². The fourth-order valence-corrected chi connectivity index (χ4v) is 8.92. The van der Waals surface area contributed by atoms with Crippen molar-refractivity contribution in [2.75, 3.05) is 24.8 Å². The zero-order valence-corrected chi connectivity index (χ0v) is 32.5. The molecule has 0 radical (unpaired) electrons. The third kappa shape index (κ3) is 7.91. The van der Waals surface area contributed by atoms with Crippen LogP contribution >= 0.6 is 23.1 Å². The molecule has 6 rings (SSSR count). The molecule has 3 heterocycles. The molecule has 2 aliphatic heterocycles. The lowest BCUT2D eigenvalue weighted by Gasteiger charge is -2.49. The number of carbonyl (C=O) groups excluding carboxylic acids is 4. The van der Waals surface area contributed by atoms with Crippen LogP contribution in [0.4, 0.5) is 5.13 Å². The number of fused-ring (bicyclic) bond motifs is 1. The Labute approximate surface area is 316 Å². The number of oxime groups is 1. The minimum absolute atomic E-state index is 0.0488. The van der Waals surface area contributed by atoms with E-state index in [1.807, 2.05) is 74.2 Å². The van der Waals surface area contributed by atoms with Crippen LogP contribution in [0.1, 0.15) is 29.3 Å². The van der Waals surface area contributed by atoms with Crippen LogP contribution in [0.15, 0.2) is 113 Å². The third-order valence-corrected chi connectivity index (χ3v) is 11.3. The molecule has 1 aromatic heterocycles. The zero-order chi connectivity index (χ0) is 37.8. The number of esters is 1. The molecule has 12 nitrogen and oxygen atoms in total. The van der Waals surface area contributed by atoms with E-state index in [1.165, 1.54) is 42.0 Å². The number of nitrogens with zero attached hydrogens (tertiary/aromatic N) is 3. The van der Waals surface area contributed by atoms with E-state index in [9.17, 15) is 19.2 Å². The van der Waals surface area contributed by atoms with Gasteiger partial charge in [0.15, 0.2) is 10.8 Å². The maximum Gasteiger partial charge on any atom is 0.341 e. The largest absolute Gasteiger partial charge is 0.515 e. The predicted octanol–water partition coefficient (Wildman–Crippen LogP) is 5.49. The summed E-state index contributed by atoms with van der Waals surface area (Å²) in [5.74, 6) is -2.07. The zero-order valence-electron chi connectivity index (χ0n) is 29.8. The molecule has 0 spiro atoms. The van der Waals surface area contributed by atoms with Gasteiger partial charge < -0.3 is 24.6 Å². The molecule has 0 bridgehead atoms. The van der Waals surface area contributed by atoms with Crippen LogP contribution in [0.2, 0.25) is 19.6 Å².